The number of rotatable bonds is 3. The number of nitrogens with one attached hydrogen (secondary N) is 1. The molecule has 0 aromatic carbocycles. The van der Waals surface area contributed by atoms with Crippen LogP contribution in [0.3, 0.4) is 0 Å². The van der Waals surface area contributed by atoms with Crippen LogP contribution in [0.1, 0.15) is 15.2 Å². The van der Waals surface area contributed by atoms with Gasteiger partial charge in [0.25, 0.3) is 5.91 Å². The first-order valence-electron chi connectivity index (χ1n) is 4.15. The second-order valence-corrected chi connectivity index (χ2v) is 5.20. The summed E-state index contributed by atoms with van der Waals surface area (Å²) in [5, 5.41) is 2.47. The van der Waals surface area contributed by atoms with Crippen molar-refractivity contribution in [2.24, 2.45) is 0 Å². The van der Waals surface area contributed by atoms with Crippen LogP contribution in [0.2, 0.25) is 0 Å². The van der Waals surface area contributed by atoms with E-state index in [9.17, 15) is 9.59 Å². The molecule has 0 saturated heterocycles. The third-order valence-corrected chi connectivity index (χ3v) is 3.84. The fourth-order valence-corrected chi connectivity index (χ4v) is 2.33. The molecule has 1 amide bonds. The number of hydrogen-bond acceptors (Lipinski definition) is 4. The van der Waals surface area contributed by atoms with E-state index in [0.29, 0.717) is 4.88 Å². The molecule has 0 fully saturated rings. The molecule has 1 rings (SSSR count). The molecule has 1 N–H and O–H groups in total. The number of methoxy groups -OCH3 is 1. The zero-order valence-electron chi connectivity index (χ0n) is 8.30. The Balaban J connectivity index is 2.58. The van der Waals surface area contributed by atoms with Crippen molar-refractivity contribution in [3.05, 3.63) is 20.3 Å². The largest absolute Gasteiger partial charge is 0.468 e. The summed E-state index contributed by atoms with van der Waals surface area (Å²) in [6, 6.07) is 1.77. The Kier molecular flexibility index (Phi) is 4.28. The Hall–Kier alpha value is -0.880. The van der Waals surface area contributed by atoms with Gasteiger partial charge < -0.3 is 10.1 Å². The summed E-state index contributed by atoms with van der Waals surface area (Å²) < 4.78 is 5.33. The van der Waals surface area contributed by atoms with Crippen LogP contribution in [0.4, 0.5) is 0 Å². The SMILES string of the molecule is COC(=O)CNC(=O)c1cc(C)c(Br)s1. The molecule has 0 aliphatic carbocycles. The first-order valence-corrected chi connectivity index (χ1v) is 5.76. The highest BCUT2D eigenvalue weighted by Gasteiger charge is 2.12. The van der Waals surface area contributed by atoms with Crippen molar-refractivity contribution in [3.8, 4) is 0 Å². The van der Waals surface area contributed by atoms with Crippen molar-refractivity contribution < 1.29 is 14.3 Å². The Morgan fingerprint density at radius 1 is 1.60 bits per heavy atom. The van der Waals surface area contributed by atoms with Gasteiger partial charge in [0.1, 0.15) is 6.54 Å². The van der Waals surface area contributed by atoms with E-state index in [4.69, 9.17) is 0 Å². The minimum Gasteiger partial charge on any atom is -0.468 e. The Morgan fingerprint density at radius 2 is 2.27 bits per heavy atom. The molecular weight excluding hydrogens is 282 g/mol. The average molecular weight is 292 g/mol. The van der Waals surface area contributed by atoms with Gasteiger partial charge in [-0.1, -0.05) is 0 Å². The normalized spacial score (nSPS) is 9.80. The van der Waals surface area contributed by atoms with Crippen LogP contribution >= 0.6 is 27.3 Å². The maximum atomic E-state index is 11.5. The summed E-state index contributed by atoms with van der Waals surface area (Å²) in [4.78, 5) is 22.9. The van der Waals surface area contributed by atoms with Gasteiger partial charge in [0.2, 0.25) is 0 Å². The predicted octanol–water partition coefficient (Wildman–Crippen LogP) is 1.72. The average Bonchev–Trinajstić information content (AvgIpc) is 2.55. The van der Waals surface area contributed by atoms with Gasteiger partial charge in [-0.15, -0.1) is 11.3 Å². The maximum Gasteiger partial charge on any atom is 0.325 e. The number of thiophene rings is 1. The van der Waals surface area contributed by atoms with E-state index < -0.39 is 5.97 Å². The number of carbonyl (C=O) groups excluding carboxylic acids is 2. The molecule has 0 radical (unpaired) electrons. The number of ether oxygens (including phenoxy) is 1. The number of halogens is 1. The number of carbonyl (C=O) groups is 2. The molecule has 0 saturated carbocycles. The third-order valence-electron chi connectivity index (χ3n) is 1.70. The summed E-state index contributed by atoms with van der Waals surface area (Å²) in [5.41, 5.74) is 1.00. The topological polar surface area (TPSA) is 55.4 Å². The number of esters is 1. The van der Waals surface area contributed by atoms with Gasteiger partial charge in [-0.05, 0) is 34.5 Å². The van der Waals surface area contributed by atoms with Crippen LogP contribution in [0.5, 0.6) is 0 Å². The van der Waals surface area contributed by atoms with Gasteiger partial charge in [-0.25, -0.2) is 0 Å². The minimum absolute atomic E-state index is 0.107. The van der Waals surface area contributed by atoms with E-state index in [1.807, 2.05) is 6.92 Å². The fraction of sp³-hybridized carbons (Fsp3) is 0.333. The van der Waals surface area contributed by atoms with Crippen molar-refractivity contribution in [2.45, 2.75) is 6.92 Å². The van der Waals surface area contributed by atoms with Crippen molar-refractivity contribution in [1.29, 1.82) is 0 Å². The monoisotopic (exact) mass is 291 g/mol. The number of aryl methyl sites for hydroxylation is 1. The van der Waals surface area contributed by atoms with Gasteiger partial charge >= 0.3 is 5.97 Å². The molecule has 15 heavy (non-hydrogen) atoms. The first kappa shape index (κ1) is 12.2. The Bertz CT molecular complexity index is 369. The third kappa shape index (κ3) is 3.32. The predicted molar refractivity (Wildman–Crippen MR) is 61.1 cm³/mol. The van der Waals surface area contributed by atoms with Crippen LogP contribution in [-0.4, -0.2) is 25.5 Å². The van der Waals surface area contributed by atoms with E-state index in [2.05, 4.69) is 26.0 Å². The molecule has 0 aliphatic heterocycles. The van der Waals surface area contributed by atoms with Crippen LogP contribution < -0.4 is 5.32 Å². The molecule has 0 bridgehead atoms. The van der Waals surface area contributed by atoms with Crippen LogP contribution in [0.15, 0.2) is 9.85 Å². The summed E-state index contributed by atoms with van der Waals surface area (Å²) >= 11 is 4.66. The first-order chi connectivity index (χ1) is 7.04. The molecule has 0 aliphatic rings. The lowest BCUT2D eigenvalue weighted by atomic mass is 10.3. The quantitative estimate of drug-likeness (QED) is 0.863. The van der Waals surface area contributed by atoms with Crippen LogP contribution in [-0.2, 0) is 9.53 Å². The second kappa shape index (κ2) is 5.27. The molecule has 4 nitrogen and oxygen atoms in total. The highest BCUT2D eigenvalue weighted by Crippen LogP contribution is 2.26. The van der Waals surface area contributed by atoms with Crippen LogP contribution in [0.25, 0.3) is 0 Å². The number of hydrogen-bond donors (Lipinski definition) is 1. The van der Waals surface area contributed by atoms with E-state index in [1.165, 1.54) is 18.4 Å². The minimum atomic E-state index is -0.462. The molecule has 0 atom stereocenters. The van der Waals surface area contributed by atoms with E-state index >= 15 is 0 Å². The molecule has 1 heterocycles. The summed E-state index contributed by atoms with van der Waals surface area (Å²) in [6.45, 7) is 1.79. The zero-order valence-corrected chi connectivity index (χ0v) is 10.7. The van der Waals surface area contributed by atoms with Crippen molar-refractivity contribution in [3.63, 3.8) is 0 Å². The van der Waals surface area contributed by atoms with Gasteiger partial charge in [-0.2, -0.15) is 0 Å². The fourth-order valence-electron chi connectivity index (χ4n) is 0.884. The zero-order chi connectivity index (χ0) is 11.4. The number of amides is 1. The highest BCUT2D eigenvalue weighted by atomic mass is 79.9. The van der Waals surface area contributed by atoms with E-state index in [0.717, 1.165) is 9.35 Å². The van der Waals surface area contributed by atoms with Gasteiger partial charge in [0.05, 0.1) is 15.8 Å². The van der Waals surface area contributed by atoms with Gasteiger partial charge in [0.15, 0.2) is 0 Å². The molecule has 0 unspecified atom stereocenters. The Labute approximate surface area is 99.8 Å². The lowest BCUT2D eigenvalue weighted by Gasteiger charge is -2.00. The van der Waals surface area contributed by atoms with Gasteiger partial charge in [-0.3, -0.25) is 9.59 Å². The summed E-state index contributed by atoms with van der Waals surface area (Å²) in [6.07, 6.45) is 0. The van der Waals surface area contributed by atoms with Crippen LogP contribution in [0, 0.1) is 6.92 Å². The smallest absolute Gasteiger partial charge is 0.325 e. The molecule has 6 heteroatoms. The molecular formula is C9H10BrNO3S. The lowest BCUT2D eigenvalue weighted by molar-refractivity contribution is -0.139. The summed E-state index contributed by atoms with van der Waals surface area (Å²) in [7, 11) is 1.28. The second-order valence-electron chi connectivity index (χ2n) is 2.83. The molecule has 82 valence electrons. The van der Waals surface area contributed by atoms with Crippen molar-refractivity contribution >= 4 is 39.1 Å². The molecule has 1 aromatic rings. The molecule has 1 aromatic heterocycles. The lowest BCUT2D eigenvalue weighted by Crippen LogP contribution is -2.29. The van der Waals surface area contributed by atoms with E-state index in [-0.39, 0.29) is 12.5 Å². The van der Waals surface area contributed by atoms with E-state index in [1.54, 1.807) is 6.07 Å². The van der Waals surface area contributed by atoms with Crippen molar-refractivity contribution in [2.75, 3.05) is 13.7 Å². The highest BCUT2D eigenvalue weighted by molar-refractivity contribution is 9.11. The Morgan fingerprint density at radius 3 is 2.73 bits per heavy atom. The standard InChI is InChI=1S/C9H10BrNO3S/c1-5-3-6(15-8(5)10)9(13)11-4-7(12)14-2/h3H,4H2,1-2H3,(H,11,13). The molecule has 0 spiro atoms. The van der Waals surface area contributed by atoms with Gasteiger partial charge in [0, 0.05) is 0 Å². The summed E-state index contributed by atoms with van der Waals surface area (Å²) in [5.74, 6) is -0.727. The van der Waals surface area contributed by atoms with Crippen molar-refractivity contribution in [1.82, 2.24) is 5.32 Å². The maximum absolute atomic E-state index is 11.5.